The Balaban J connectivity index is 0.760. The van der Waals surface area contributed by atoms with Crippen molar-refractivity contribution >= 4 is 53.9 Å². The van der Waals surface area contributed by atoms with E-state index in [1.165, 1.54) is 187 Å². The van der Waals surface area contributed by atoms with Gasteiger partial charge in [0.1, 0.15) is 0 Å². The Bertz CT molecular complexity index is 4950. The molecule has 0 aromatic heterocycles. The largest absolute Gasteiger partial charge is 0.0619 e. The van der Waals surface area contributed by atoms with Gasteiger partial charge in [-0.2, -0.15) is 0 Å². The van der Waals surface area contributed by atoms with Gasteiger partial charge in [0.05, 0.1) is 0 Å². The fourth-order valence-corrected chi connectivity index (χ4v) is 17.4. The molecular formula is C86H64. The van der Waals surface area contributed by atoms with Crippen molar-refractivity contribution in [3.8, 4) is 89.0 Å². The zero-order valence-electron chi connectivity index (χ0n) is 50.1. The second-order valence-corrected chi connectivity index (χ2v) is 27.4. The average Bonchev–Trinajstić information content (AvgIpc) is 1.61. The summed E-state index contributed by atoms with van der Waals surface area (Å²) in [4.78, 5) is 0. The molecule has 4 aliphatic rings. The van der Waals surface area contributed by atoms with Gasteiger partial charge in [-0.15, -0.1) is 0 Å². The van der Waals surface area contributed by atoms with Crippen LogP contribution in [0.2, 0.25) is 0 Å². The molecule has 18 rings (SSSR count). The van der Waals surface area contributed by atoms with Crippen LogP contribution < -0.4 is 0 Å². The number of hydrogen-bond donors (Lipinski definition) is 0. The van der Waals surface area contributed by atoms with Crippen molar-refractivity contribution in [2.75, 3.05) is 0 Å². The van der Waals surface area contributed by atoms with Gasteiger partial charge in [0.15, 0.2) is 0 Å². The molecule has 0 nitrogen and oxygen atoms in total. The third-order valence-corrected chi connectivity index (χ3v) is 21.7. The number of rotatable bonds is 4. The first-order valence-corrected chi connectivity index (χ1v) is 31.0. The fraction of sp³-hybridized carbons (Fsp3) is 0.140. The third-order valence-electron chi connectivity index (χ3n) is 21.7. The first kappa shape index (κ1) is 49.8. The van der Waals surface area contributed by atoms with Crippen LogP contribution >= 0.6 is 0 Å². The minimum absolute atomic E-state index is 0.0864. The molecular weight excluding hydrogens is 1030 g/mol. The van der Waals surface area contributed by atoms with Crippen LogP contribution in [0.25, 0.3) is 143 Å². The van der Waals surface area contributed by atoms with Crippen molar-refractivity contribution in [2.24, 2.45) is 0 Å². The maximum absolute atomic E-state index is 2.54. The van der Waals surface area contributed by atoms with E-state index in [4.69, 9.17) is 0 Å². The molecule has 0 aliphatic heterocycles. The van der Waals surface area contributed by atoms with Crippen molar-refractivity contribution in [3.63, 3.8) is 0 Å². The standard InChI is InChI=1S/C86H64/c1-83(2)69-31-19-17-21-53(69)55-37-33-49(45-73(55)83)77-57-23-9-13-27-61(57)79(62-28-14-10-24-58(62)77)51-35-39-67-75(47-51)85(5,6)71-43-41-66-65(81(67)71)42-44-72-82(66)68-40-36-52(48-76(68)86(72,7)8)80-63-29-15-11-25-59(63)78(60-26-12-16-30-64(60)80)50-34-38-56-54-22-18-20-32-70(54)84(3,4)74(56)46-50/h9-48H,1-8H3. The lowest BCUT2D eigenvalue weighted by Gasteiger charge is -2.24. The molecule has 0 heteroatoms. The fourth-order valence-electron chi connectivity index (χ4n) is 17.4. The van der Waals surface area contributed by atoms with Gasteiger partial charge < -0.3 is 0 Å². The Morgan fingerprint density at radius 2 is 0.384 bits per heavy atom. The van der Waals surface area contributed by atoms with E-state index < -0.39 is 0 Å². The van der Waals surface area contributed by atoms with E-state index in [2.05, 4.69) is 298 Å². The van der Waals surface area contributed by atoms with E-state index in [0.29, 0.717) is 0 Å². The first-order valence-electron chi connectivity index (χ1n) is 31.0. The van der Waals surface area contributed by atoms with E-state index in [0.717, 1.165) is 0 Å². The van der Waals surface area contributed by atoms with Crippen molar-refractivity contribution in [2.45, 2.75) is 77.0 Å². The van der Waals surface area contributed by atoms with E-state index in [1.807, 2.05) is 0 Å². The summed E-state index contributed by atoms with van der Waals surface area (Å²) in [6, 6.07) is 93.7. The van der Waals surface area contributed by atoms with E-state index in [9.17, 15) is 0 Å². The normalized spacial score (nSPS) is 15.6. The Morgan fingerprint density at radius 3 is 0.686 bits per heavy atom. The Kier molecular flexibility index (Phi) is 9.87. The van der Waals surface area contributed by atoms with Crippen LogP contribution in [0.3, 0.4) is 0 Å². The van der Waals surface area contributed by atoms with Gasteiger partial charge >= 0.3 is 0 Å². The Hall–Kier alpha value is -9.62. The molecule has 0 heterocycles. The molecule has 0 spiro atoms. The smallest absolute Gasteiger partial charge is 0.0159 e. The summed E-state index contributed by atoms with van der Waals surface area (Å²) in [5.41, 5.74) is 31.7. The minimum atomic E-state index is -0.218. The van der Waals surface area contributed by atoms with E-state index in [-0.39, 0.29) is 21.7 Å². The Labute approximate surface area is 504 Å². The van der Waals surface area contributed by atoms with Gasteiger partial charge in [0, 0.05) is 21.7 Å². The zero-order chi connectivity index (χ0) is 57.9. The molecule has 0 N–H and O–H groups in total. The van der Waals surface area contributed by atoms with Crippen molar-refractivity contribution in [1.82, 2.24) is 0 Å². The number of fused-ring (bicyclic) bond motifs is 19. The van der Waals surface area contributed by atoms with Gasteiger partial charge in [-0.1, -0.05) is 274 Å². The van der Waals surface area contributed by atoms with Gasteiger partial charge in [0.2, 0.25) is 0 Å². The topological polar surface area (TPSA) is 0 Å². The maximum atomic E-state index is 2.54. The minimum Gasteiger partial charge on any atom is -0.0619 e. The first-order chi connectivity index (χ1) is 41.7. The van der Waals surface area contributed by atoms with Gasteiger partial charge in [-0.25, -0.2) is 0 Å². The van der Waals surface area contributed by atoms with Crippen LogP contribution in [0, 0.1) is 0 Å². The molecule has 0 radical (unpaired) electrons. The van der Waals surface area contributed by atoms with Crippen molar-refractivity contribution in [1.29, 1.82) is 0 Å². The summed E-state index contributed by atoms with van der Waals surface area (Å²) in [6.45, 7) is 19.3. The summed E-state index contributed by atoms with van der Waals surface area (Å²) < 4.78 is 0. The van der Waals surface area contributed by atoms with E-state index >= 15 is 0 Å². The van der Waals surface area contributed by atoms with Crippen molar-refractivity contribution in [3.05, 3.63) is 287 Å². The van der Waals surface area contributed by atoms with Crippen LogP contribution in [0.4, 0.5) is 0 Å². The highest BCUT2D eigenvalue weighted by Gasteiger charge is 2.42. The van der Waals surface area contributed by atoms with Gasteiger partial charge in [-0.05, 0) is 212 Å². The Morgan fingerprint density at radius 1 is 0.163 bits per heavy atom. The lowest BCUT2D eigenvalue weighted by molar-refractivity contribution is 0.660. The van der Waals surface area contributed by atoms with Crippen LogP contribution in [0.1, 0.15) is 99.9 Å². The zero-order valence-corrected chi connectivity index (χ0v) is 50.1. The summed E-state index contributed by atoms with van der Waals surface area (Å²) >= 11 is 0. The second kappa shape index (κ2) is 17.1. The molecule has 0 unspecified atom stereocenters. The van der Waals surface area contributed by atoms with E-state index in [1.54, 1.807) is 0 Å². The average molecular weight is 1100 g/mol. The summed E-state index contributed by atoms with van der Waals surface area (Å²) in [5, 5.41) is 13.0. The molecule has 0 amide bonds. The SMILES string of the molecule is CC1(C)c2ccccc2-c2ccc(-c3c4ccccc4c(-c4ccc5c(c4)C(C)(C)c4ccc6c7c(ccc6c4-5)C(C)(C)c4cc(-c5c6ccccc6c(-c6ccc8c(c6)C(C)(C)c6ccccc6-8)c6ccccc56)ccc4-7)c4ccccc34)cc21. The molecule has 0 fully saturated rings. The molecule has 0 saturated heterocycles. The predicted octanol–water partition coefficient (Wildman–Crippen LogP) is 23.3. The molecule has 4 aliphatic carbocycles. The molecule has 0 atom stereocenters. The lowest BCUT2D eigenvalue weighted by atomic mass is 9.79. The number of hydrogen-bond acceptors (Lipinski definition) is 0. The monoisotopic (exact) mass is 1100 g/mol. The highest BCUT2D eigenvalue weighted by Crippen LogP contribution is 2.59. The third kappa shape index (κ3) is 6.39. The van der Waals surface area contributed by atoms with Crippen LogP contribution in [-0.4, -0.2) is 0 Å². The molecule has 0 saturated carbocycles. The molecule has 86 heavy (non-hydrogen) atoms. The van der Waals surface area contributed by atoms with Gasteiger partial charge in [-0.3, -0.25) is 0 Å². The van der Waals surface area contributed by atoms with Crippen LogP contribution in [0.5, 0.6) is 0 Å². The lowest BCUT2D eigenvalue weighted by Crippen LogP contribution is -2.15. The molecule has 408 valence electrons. The van der Waals surface area contributed by atoms with Gasteiger partial charge in [0.25, 0.3) is 0 Å². The van der Waals surface area contributed by atoms with Crippen molar-refractivity contribution < 1.29 is 0 Å². The summed E-state index contributed by atoms with van der Waals surface area (Å²) in [7, 11) is 0. The summed E-state index contributed by atoms with van der Waals surface area (Å²) in [5.74, 6) is 0. The molecule has 14 aromatic rings. The predicted molar refractivity (Wildman–Crippen MR) is 366 cm³/mol. The summed E-state index contributed by atoms with van der Waals surface area (Å²) in [6.07, 6.45) is 0. The number of benzene rings is 14. The van der Waals surface area contributed by atoms with Crippen LogP contribution in [-0.2, 0) is 21.7 Å². The quantitative estimate of drug-likeness (QED) is 0.154. The molecule has 14 aromatic carbocycles. The van der Waals surface area contributed by atoms with Crippen LogP contribution in [0.15, 0.2) is 243 Å². The second-order valence-electron chi connectivity index (χ2n) is 27.4. The molecule has 0 bridgehead atoms. The maximum Gasteiger partial charge on any atom is 0.0159 e. The highest BCUT2D eigenvalue weighted by atomic mass is 14.4. The highest BCUT2D eigenvalue weighted by molar-refractivity contribution is 6.24.